The van der Waals surface area contributed by atoms with Crippen LogP contribution in [-0.2, 0) is 9.30 Å². The van der Waals surface area contributed by atoms with E-state index in [0.29, 0.717) is 0 Å². The Kier molecular flexibility index (Phi) is 7.11. The number of hydrogen-bond donors (Lipinski definition) is 0. The molecule has 8 heavy (non-hydrogen) atoms. The Hall–Kier alpha value is 0.0600. The van der Waals surface area contributed by atoms with Crippen LogP contribution >= 0.6 is 8.46 Å². The minimum Gasteiger partial charge on any atom is -0.385 e. The summed E-state index contributed by atoms with van der Waals surface area (Å²) in [5, 5.41) is 0. The summed E-state index contributed by atoms with van der Waals surface area (Å²) in [6.07, 6.45) is 2.79. The molecule has 0 unspecified atom stereocenters. The molecule has 0 aliphatic carbocycles. The molecule has 0 amide bonds. The Bertz CT molecular complexity index is 56.4. The molecule has 0 fully saturated rings. The van der Waals surface area contributed by atoms with Gasteiger partial charge < -0.3 is 4.74 Å². The van der Waals surface area contributed by atoms with Gasteiger partial charge in [0, 0.05) is 19.9 Å². The van der Waals surface area contributed by atoms with Crippen LogP contribution in [0.1, 0.15) is 12.8 Å². The molecule has 0 aromatic rings. The first kappa shape index (κ1) is 8.06. The van der Waals surface area contributed by atoms with Crippen molar-refractivity contribution in [3.05, 3.63) is 0 Å². The number of methoxy groups -OCH3 is 1. The highest BCUT2D eigenvalue weighted by molar-refractivity contribution is 7.23. The topological polar surface area (TPSA) is 26.3 Å². The van der Waals surface area contributed by atoms with E-state index in [4.69, 9.17) is 4.74 Å². The summed E-state index contributed by atoms with van der Waals surface area (Å²) in [6.45, 7) is 0.787. The number of rotatable bonds is 5. The van der Waals surface area contributed by atoms with E-state index in [9.17, 15) is 4.57 Å². The molecule has 0 N–H and O–H groups in total. The van der Waals surface area contributed by atoms with Crippen molar-refractivity contribution < 1.29 is 9.30 Å². The van der Waals surface area contributed by atoms with Crippen molar-refractivity contribution in [1.82, 2.24) is 0 Å². The zero-order valence-corrected chi connectivity index (χ0v) is 5.99. The molecule has 0 aromatic carbocycles. The fraction of sp³-hybridized carbons (Fsp3) is 1.00. The summed E-state index contributed by atoms with van der Waals surface area (Å²) in [4.78, 5) is 0. The molecule has 0 aliphatic rings. The largest absolute Gasteiger partial charge is 0.385 e. The van der Waals surface area contributed by atoms with E-state index < -0.39 is 0 Å². The minimum atomic E-state index is 0.255. The van der Waals surface area contributed by atoms with Crippen molar-refractivity contribution in [2.24, 2.45) is 0 Å². The second-order valence-electron chi connectivity index (χ2n) is 1.55. The van der Waals surface area contributed by atoms with Gasteiger partial charge in [0.2, 0.25) is 0 Å². The van der Waals surface area contributed by atoms with E-state index in [1.54, 1.807) is 7.11 Å². The average Bonchev–Trinajstić information content (AvgIpc) is 1.81. The van der Waals surface area contributed by atoms with Gasteiger partial charge in [-0.2, -0.15) is 0 Å². The van der Waals surface area contributed by atoms with Crippen molar-refractivity contribution in [2.45, 2.75) is 12.8 Å². The van der Waals surface area contributed by atoms with Crippen molar-refractivity contribution in [3.63, 3.8) is 0 Å². The molecule has 0 rings (SSSR count). The monoisotopic (exact) mass is 134 g/mol. The highest BCUT2D eigenvalue weighted by atomic mass is 31.1. The lowest BCUT2D eigenvalue weighted by molar-refractivity contribution is 0.194. The molecule has 0 spiro atoms. The number of ether oxygens (including phenoxy) is 1. The average molecular weight is 134 g/mol. The predicted octanol–water partition coefficient (Wildman–Crippen LogP) is 1.70. The lowest BCUT2D eigenvalue weighted by Gasteiger charge is -1.92. The lowest BCUT2D eigenvalue weighted by atomic mass is 10.4. The van der Waals surface area contributed by atoms with E-state index in [2.05, 4.69) is 0 Å². The van der Waals surface area contributed by atoms with Crippen molar-refractivity contribution in [1.29, 1.82) is 0 Å². The highest BCUT2D eigenvalue weighted by Gasteiger charge is 1.84. The molecule has 3 heteroatoms. The predicted molar refractivity (Wildman–Crippen MR) is 33.6 cm³/mol. The summed E-state index contributed by atoms with van der Waals surface area (Å²) in [5.41, 5.74) is 0. The Morgan fingerprint density at radius 3 is 2.75 bits per heavy atom. The Morgan fingerprint density at radius 2 is 2.25 bits per heavy atom. The van der Waals surface area contributed by atoms with Gasteiger partial charge in [-0.1, -0.05) is 0 Å². The first-order valence-corrected chi connectivity index (χ1v) is 3.69. The smallest absolute Gasteiger partial charge is 0.155 e. The molecule has 0 saturated heterocycles. The standard InChI is InChI=1S/C5H11O2P/c1-7-4-2-3-5-8-6/h2-5H2,1H3. The Morgan fingerprint density at radius 1 is 1.50 bits per heavy atom. The molecule has 0 atom stereocenters. The molecule has 0 aliphatic heterocycles. The SMILES string of the molecule is COCCCCP=O. The van der Waals surface area contributed by atoms with Crippen LogP contribution < -0.4 is 0 Å². The van der Waals surface area contributed by atoms with Crippen LogP contribution in [0.4, 0.5) is 0 Å². The van der Waals surface area contributed by atoms with E-state index in [-0.39, 0.29) is 8.46 Å². The summed E-state index contributed by atoms with van der Waals surface area (Å²) < 4.78 is 14.6. The van der Waals surface area contributed by atoms with Gasteiger partial charge in [0.1, 0.15) is 0 Å². The molecule has 48 valence electrons. The molecule has 0 radical (unpaired) electrons. The van der Waals surface area contributed by atoms with Gasteiger partial charge >= 0.3 is 0 Å². The van der Waals surface area contributed by atoms with E-state index >= 15 is 0 Å². The second kappa shape index (κ2) is 7.06. The van der Waals surface area contributed by atoms with Crippen molar-refractivity contribution >= 4 is 8.46 Å². The lowest BCUT2D eigenvalue weighted by Crippen LogP contribution is -1.87. The maximum atomic E-state index is 9.82. The molecular weight excluding hydrogens is 123 g/mol. The van der Waals surface area contributed by atoms with Crippen molar-refractivity contribution in [2.75, 3.05) is 19.9 Å². The molecule has 0 bridgehead atoms. The van der Waals surface area contributed by atoms with Gasteiger partial charge in [-0.05, 0) is 12.8 Å². The molecule has 0 saturated carbocycles. The van der Waals surface area contributed by atoms with Crippen LogP contribution in [0.3, 0.4) is 0 Å². The van der Waals surface area contributed by atoms with Crippen LogP contribution in [0.2, 0.25) is 0 Å². The van der Waals surface area contributed by atoms with Crippen LogP contribution in [-0.4, -0.2) is 19.9 Å². The van der Waals surface area contributed by atoms with Gasteiger partial charge in [0.05, 0.1) is 0 Å². The van der Waals surface area contributed by atoms with E-state index in [1.807, 2.05) is 0 Å². The third-order valence-corrected chi connectivity index (χ3v) is 1.35. The molecule has 0 aromatic heterocycles. The summed E-state index contributed by atoms with van der Waals surface area (Å²) >= 11 is 0. The van der Waals surface area contributed by atoms with Crippen LogP contribution in [0.5, 0.6) is 0 Å². The van der Waals surface area contributed by atoms with Gasteiger partial charge in [0.15, 0.2) is 8.46 Å². The molecule has 2 nitrogen and oxygen atoms in total. The van der Waals surface area contributed by atoms with Crippen LogP contribution in [0.25, 0.3) is 0 Å². The van der Waals surface area contributed by atoms with Crippen LogP contribution in [0, 0.1) is 0 Å². The van der Waals surface area contributed by atoms with E-state index in [0.717, 1.165) is 25.6 Å². The summed E-state index contributed by atoms with van der Waals surface area (Å²) in [7, 11) is 1.93. The summed E-state index contributed by atoms with van der Waals surface area (Å²) in [6, 6.07) is 0. The zero-order chi connectivity index (χ0) is 6.24. The Labute approximate surface area is 51.4 Å². The quantitative estimate of drug-likeness (QED) is 0.422. The maximum Gasteiger partial charge on any atom is 0.155 e. The first-order chi connectivity index (χ1) is 3.91. The molecule has 0 heterocycles. The maximum absolute atomic E-state index is 9.82. The second-order valence-corrected chi connectivity index (χ2v) is 2.26. The fourth-order valence-electron chi connectivity index (χ4n) is 0.423. The summed E-state index contributed by atoms with van der Waals surface area (Å²) in [5.74, 6) is 0. The zero-order valence-electron chi connectivity index (χ0n) is 5.09. The molecular formula is C5H11O2P. The Balaban J connectivity index is 2.62. The number of hydrogen-bond acceptors (Lipinski definition) is 2. The van der Waals surface area contributed by atoms with E-state index in [1.165, 1.54) is 0 Å². The van der Waals surface area contributed by atoms with Crippen molar-refractivity contribution in [3.8, 4) is 0 Å². The van der Waals surface area contributed by atoms with Gasteiger partial charge in [-0.3, -0.25) is 4.57 Å². The van der Waals surface area contributed by atoms with Crippen LogP contribution in [0.15, 0.2) is 0 Å². The van der Waals surface area contributed by atoms with Gasteiger partial charge in [0.25, 0.3) is 0 Å². The third kappa shape index (κ3) is 6.06. The fourth-order valence-corrected chi connectivity index (χ4v) is 0.775. The highest BCUT2D eigenvalue weighted by Crippen LogP contribution is 1.97. The number of unbranched alkanes of at least 4 members (excludes halogenated alkanes) is 1. The normalized spacial score (nSPS) is 10.1. The first-order valence-electron chi connectivity index (χ1n) is 2.70. The van der Waals surface area contributed by atoms with Gasteiger partial charge in [-0.15, -0.1) is 0 Å². The van der Waals surface area contributed by atoms with Gasteiger partial charge in [-0.25, -0.2) is 0 Å². The minimum absolute atomic E-state index is 0.255. The third-order valence-electron chi connectivity index (χ3n) is 0.848.